The molecular formula is C48H100O4Si. The Balaban J connectivity index is 4.89. The molecule has 0 aromatic heterocycles. The van der Waals surface area contributed by atoms with Gasteiger partial charge in [0, 0.05) is 26.4 Å². The van der Waals surface area contributed by atoms with Crippen LogP contribution in [0, 0.1) is 0 Å². The second kappa shape index (κ2) is 46.4. The van der Waals surface area contributed by atoms with Gasteiger partial charge < -0.3 is 17.7 Å². The molecule has 0 aliphatic rings. The highest BCUT2D eigenvalue weighted by Crippen LogP contribution is 2.20. The predicted octanol–water partition coefficient (Wildman–Crippen LogP) is 17.2. The largest absolute Gasteiger partial charge is 0.679 e. The maximum absolute atomic E-state index is 6.65. The minimum absolute atomic E-state index is 0.705. The monoisotopic (exact) mass is 769 g/mol. The molecule has 0 unspecified atom stereocenters. The smallest absolute Gasteiger partial charge is 0.351 e. The highest BCUT2D eigenvalue weighted by atomic mass is 28.4. The summed E-state index contributed by atoms with van der Waals surface area (Å²) in [5.74, 6) is 0. The first-order valence-corrected chi connectivity index (χ1v) is 26.4. The van der Waals surface area contributed by atoms with Gasteiger partial charge in [-0.2, -0.15) is 0 Å². The van der Waals surface area contributed by atoms with Crippen LogP contribution < -0.4 is 0 Å². The van der Waals surface area contributed by atoms with Crippen molar-refractivity contribution in [3.8, 4) is 0 Å². The zero-order valence-corrected chi connectivity index (χ0v) is 38.2. The zero-order chi connectivity index (χ0) is 38.4. The van der Waals surface area contributed by atoms with Gasteiger partial charge in [0.1, 0.15) is 0 Å². The van der Waals surface area contributed by atoms with E-state index < -0.39 is 9.05 Å². The summed E-state index contributed by atoms with van der Waals surface area (Å²) in [6.07, 6.45) is 53.2. The Morgan fingerprint density at radius 2 is 0.321 bits per heavy atom. The van der Waals surface area contributed by atoms with Gasteiger partial charge in [0.25, 0.3) is 0 Å². The van der Waals surface area contributed by atoms with Gasteiger partial charge in [-0.25, -0.2) is 0 Å². The van der Waals surface area contributed by atoms with E-state index in [1.165, 1.54) is 231 Å². The Hall–Kier alpha value is 0.0569. The number of rotatable bonds is 48. The van der Waals surface area contributed by atoms with E-state index in [9.17, 15) is 0 Å². The van der Waals surface area contributed by atoms with Gasteiger partial charge in [-0.1, -0.05) is 259 Å². The van der Waals surface area contributed by atoms with Crippen molar-refractivity contribution >= 4 is 9.05 Å². The van der Waals surface area contributed by atoms with Crippen LogP contribution in [-0.2, 0) is 17.7 Å². The fraction of sp³-hybridized carbons (Fsp3) is 1.00. The van der Waals surface area contributed by atoms with Crippen LogP contribution in [0.1, 0.15) is 285 Å². The molecule has 0 aromatic rings. The molecule has 320 valence electrons. The van der Waals surface area contributed by atoms with Gasteiger partial charge in [0.15, 0.2) is 0 Å². The molecule has 0 aliphatic heterocycles. The molecule has 0 radical (unpaired) electrons. The third kappa shape index (κ3) is 41.5. The van der Waals surface area contributed by atoms with E-state index in [4.69, 9.17) is 17.7 Å². The summed E-state index contributed by atoms with van der Waals surface area (Å²) in [5, 5.41) is 0. The Labute approximate surface area is 336 Å². The SMILES string of the molecule is CCCCCCCCCCCCO[Si](OCCCCCCCCCCCC)(OCCCCCCCCCCCC)OCCCCCCCCCCCC. The Morgan fingerprint density at radius 1 is 0.189 bits per heavy atom. The van der Waals surface area contributed by atoms with Crippen molar-refractivity contribution < 1.29 is 17.7 Å². The van der Waals surface area contributed by atoms with Crippen molar-refractivity contribution in [3.05, 3.63) is 0 Å². The van der Waals surface area contributed by atoms with Crippen molar-refractivity contribution in [1.82, 2.24) is 0 Å². The van der Waals surface area contributed by atoms with Gasteiger partial charge in [-0.15, -0.1) is 0 Å². The van der Waals surface area contributed by atoms with E-state index in [-0.39, 0.29) is 0 Å². The highest BCUT2D eigenvalue weighted by molar-refractivity contribution is 6.53. The van der Waals surface area contributed by atoms with Gasteiger partial charge in [-0.05, 0) is 25.7 Å². The second-order valence-corrected chi connectivity index (χ2v) is 18.8. The first-order valence-electron chi connectivity index (χ1n) is 24.8. The summed E-state index contributed by atoms with van der Waals surface area (Å²) in [6.45, 7) is 12.0. The quantitative estimate of drug-likeness (QED) is 0.0456. The molecule has 0 saturated heterocycles. The molecule has 0 aliphatic carbocycles. The number of hydrogen-bond acceptors (Lipinski definition) is 4. The molecular weight excluding hydrogens is 669 g/mol. The average Bonchev–Trinajstić information content (AvgIpc) is 3.17. The minimum atomic E-state index is -3.17. The molecule has 0 aromatic carbocycles. The fourth-order valence-electron chi connectivity index (χ4n) is 7.40. The maximum atomic E-state index is 6.65. The van der Waals surface area contributed by atoms with Crippen LogP contribution in [0.15, 0.2) is 0 Å². The average molecular weight is 769 g/mol. The topological polar surface area (TPSA) is 36.9 Å². The minimum Gasteiger partial charge on any atom is -0.351 e. The van der Waals surface area contributed by atoms with E-state index in [0.29, 0.717) is 26.4 Å². The summed E-state index contributed by atoms with van der Waals surface area (Å²) >= 11 is 0. The van der Waals surface area contributed by atoms with Crippen LogP contribution in [0.3, 0.4) is 0 Å². The van der Waals surface area contributed by atoms with E-state index >= 15 is 0 Å². The molecule has 0 heterocycles. The number of unbranched alkanes of at least 4 members (excludes halogenated alkanes) is 36. The highest BCUT2D eigenvalue weighted by Gasteiger charge is 2.45. The van der Waals surface area contributed by atoms with Crippen LogP contribution in [0.5, 0.6) is 0 Å². The van der Waals surface area contributed by atoms with Gasteiger partial charge in [0.05, 0.1) is 0 Å². The fourth-order valence-corrected chi connectivity index (χ4v) is 9.47. The maximum Gasteiger partial charge on any atom is 0.679 e. The molecule has 0 rings (SSSR count). The zero-order valence-electron chi connectivity index (χ0n) is 37.2. The molecule has 0 amide bonds. The summed E-state index contributed by atoms with van der Waals surface area (Å²) in [6, 6.07) is 0. The lowest BCUT2D eigenvalue weighted by atomic mass is 10.1. The van der Waals surface area contributed by atoms with Crippen molar-refractivity contribution in [1.29, 1.82) is 0 Å². The van der Waals surface area contributed by atoms with Gasteiger partial charge in [-0.3, -0.25) is 0 Å². The molecule has 0 atom stereocenters. The molecule has 0 N–H and O–H groups in total. The first-order chi connectivity index (χ1) is 26.2. The predicted molar refractivity (Wildman–Crippen MR) is 237 cm³/mol. The molecule has 5 heteroatoms. The first kappa shape index (κ1) is 53.1. The van der Waals surface area contributed by atoms with Gasteiger partial charge in [0.2, 0.25) is 0 Å². The van der Waals surface area contributed by atoms with Crippen LogP contribution in [-0.4, -0.2) is 35.5 Å². The van der Waals surface area contributed by atoms with E-state index in [0.717, 1.165) is 25.7 Å². The van der Waals surface area contributed by atoms with Crippen molar-refractivity contribution in [2.45, 2.75) is 285 Å². The van der Waals surface area contributed by atoms with Gasteiger partial charge >= 0.3 is 9.05 Å². The lowest BCUT2D eigenvalue weighted by molar-refractivity contribution is -0.0375. The number of hydrogen-bond donors (Lipinski definition) is 0. The van der Waals surface area contributed by atoms with E-state index in [1.54, 1.807) is 0 Å². The standard InChI is InChI=1S/C48H100O4Si/c1-5-9-13-17-21-25-29-33-37-41-45-49-53(50-46-42-38-34-30-26-22-18-14-10-6-2,51-47-43-39-35-31-27-23-19-15-11-7-3)52-48-44-40-36-32-28-24-20-16-12-8-4/h5-48H2,1-4H3. The Kier molecular flexibility index (Phi) is 46.5. The van der Waals surface area contributed by atoms with Crippen LogP contribution in [0.25, 0.3) is 0 Å². The molecule has 53 heavy (non-hydrogen) atoms. The summed E-state index contributed by atoms with van der Waals surface area (Å²) in [4.78, 5) is 0. The Bertz CT molecular complexity index is 538. The molecule has 4 nitrogen and oxygen atoms in total. The lowest BCUT2D eigenvalue weighted by Gasteiger charge is -2.28. The third-order valence-electron chi connectivity index (χ3n) is 11.1. The van der Waals surface area contributed by atoms with E-state index in [2.05, 4.69) is 27.7 Å². The van der Waals surface area contributed by atoms with Crippen molar-refractivity contribution in [3.63, 3.8) is 0 Å². The second-order valence-electron chi connectivity index (χ2n) is 16.6. The summed E-state index contributed by atoms with van der Waals surface area (Å²) in [5.41, 5.74) is 0. The van der Waals surface area contributed by atoms with Crippen LogP contribution in [0.2, 0.25) is 0 Å². The molecule has 0 saturated carbocycles. The molecule has 0 bridgehead atoms. The van der Waals surface area contributed by atoms with E-state index in [1.807, 2.05) is 0 Å². The van der Waals surface area contributed by atoms with Crippen molar-refractivity contribution in [2.24, 2.45) is 0 Å². The lowest BCUT2D eigenvalue weighted by Crippen LogP contribution is -2.50. The molecule has 0 fully saturated rings. The van der Waals surface area contributed by atoms with Crippen LogP contribution in [0.4, 0.5) is 0 Å². The van der Waals surface area contributed by atoms with Crippen molar-refractivity contribution in [2.75, 3.05) is 26.4 Å². The van der Waals surface area contributed by atoms with Crippen LogP contribution >= 0.6 is 0 Å². The normalized spacial score (nSPS) is 12.0. The Morgan fingerprint density at radius 3 is 0.472 bits per heavy atom. The molecule has 0 spiro atoms. The third-order valence-corrected chi connectivity index (χ3v) is 13.3. The summed E-state index contributed by atoms with van der Waals surface area (Å²) < 4.78 is 26.6. The summed E-state index contributed by atoms with van der Waals surface area (Å²) in [7, 11) is -3.17.